The minimum absolute atomic E-state index is 0.0916. The van der Waals surface area contributed by atoms with Crippen LogP contribution < -0.4 is 9.46 Å². The first kappa shape index (κ1) is 22.2. The highest BCUT2D eigenvalue weighted by Gasteiger charge is 2.19. The third-order valence-corrected chi connectivity index (χ3v) is 6.97. The topological polar surface area (TPSA) is 98.5 Å². The lowest BCUT2D eigenvalue weighted by Crippen LogP contribution is -2.29. The zero-order valence-electron chi connectivity index (χ0n) is 17.8. The average Bonchev–Trinajstić information content (AvgIpc) is 3.13. The number of benzene rings is 2. The second-order valence-electron chi connectivity index (χ2n) is 7.42. The Morgan fingerprint density at radius 2 is 1.75 bits per heavy atom. The fourth-order valence-corrected chi connectivity index (χ4v) is 5.34. The summed E-state index contributed by atoms with van der Waals surface area (Å²) in [6, 6.07) is 14.4. The number of nitrogens with one attached hydrogen (secondary N) is 1. The van der Waals surface area contributed by atoms with E-state index in [4.69, 9.17) is 16.3 Å². The number of sulfonamides is 1. The van der Waals surface area contributed by atoms with Crippen molar-refractivity contribution in [3.05, 3.63) is 70.2 Å². The highest BCUT2D eigenvalue weighted by atomic mass is 35.5. The number of halogens is 1. The molecule has 0 fully saturated rings. The molecule has 2 aromatic heterocycles. The van der Waals surface area contributed by atoms with Gasteiger partial charge < -0.3 is 4.74 Å². The van der Waals surface area contributed by atoms with Gasteiger partial charge in [0.05, 0.1) is 9.92 Å². The Morgan fingerprint density at radius 1 is 1.03 bits per heavy atom. The smallest absolute Gasteiger partial charge is 0.241 e. The molecule has 166 valence electrons. The van der Waals surface area contributed by atoms with Crippen molar-refractivity contribution in [2.24, 2.45) is 0 Å². The molecule has 0 aliphatic rings. The average molecular weight is 472 g/mol. The van der Waals surface area contributed by atoms with Gasteiger partial charge in [-0.1, -0.05) is 41.4 Å². The van der Waals surface area contributed by atoms with E-state index in [0.717, 1.165) is 5.56 Å². The lowest BCUT2D eigenvalue weighted by Gasteiger charge is -2.13. The van der Waals surface area contributed by atoms with Gasteiger partial charge in [0.1, 0.15) is 6.61 Å². The first-order valence-corrected chi connectivity index (χ1v) is 11.8. The van der Waals surface area contributed by atoms with Crippen molar-refractivity contribution in [3.63, 3.8) is 0 Å². The number of rotatable bonds is 7. The zero-order chi connectivity index (χ0) is 22.9. The van der Waals surface area contributed by atoms with Crippen molar-refractivity contribution in [1.29, 1.82) is 0 Å². The Labute approximate surface area is 191 Å². The van der Waals surface area contributed by atoms with Crippen molar-refractivity contribution in [1.82, 2.24) is 24.5 Å². The Hall–Kier alpha value is -3.01. The summed E-state index contributed by atoms with van der Waals surface area (Å²) < 4.78 is 35.3. The van der Waals surface area contributed by atoms with Gasteiger partial charge in [-0.2, -0.15) is 4.52 Å². The summed E-state index contributed by atoms with van der Waals surface area (Å²) in [6.45, 7) is 5.72. The number of hydrogen-bond donors (Lipinski definition) is 1. The summed E-state index contributed by atoms with van der Waals surface area (Å²) in [7, 11) is -3.66. The second-order valence-corrected chi connectivity index (χ2v) is 9.53. The SMILES string of the molecule is Cc1cc(C)c(S(=O)(=O)NCCOc2ccc3nnc(-c4ccccc4Cl)n3n2)c(C)c1. The van der Waals surface area contributed by atoms with Gasteiger partial charge in [0.25, 0.3) is 0 Å². The highest BCUT2D eigenvalue weighted by Crippen LogP contribution is 2.26. The molecular formula is C22H22ClN5O3S. The van der Waals surface area contributed by atoms with Crippen LogP contribution >= 0.6 is 11.6 Å². The molecule has 0 aliphatic carbocycles. The molecule has 8 nitrogen and oxygen atoms in total. The molecule has 0 bridgehead atoms. The molecule has 0 amide bonds. The predicted molar refractivity (Wildman–Crippen MR) is 123 cm³/mol. The molecule has 32 heavy (non-hydrogen) atoms. The van der Waals surface area contributed by atoms with E-state index in [0.29, 0.717) is 44.0 Å². The first-order valence-electron chi connectivity index (χ1n) is 9.94. The molecule has 0 radical (unpaired) electrons. The number of aromatic nitrogens is 4. The fraction of sp³-hybridized carbons (Fsp3) is 0.227. The monoisotopic (exact) mass is 471 g/mol. The minimum Gasteiger partial charge on any atom is -0.475 e. The Bertz CT molecular complexity index is 1380. The maximum Gasteiger partial charge on any atom is 0.241 e. The number of nitrogens with zero attached hydrogens (tertiary/aromatic N) is 4. The summed E-state index contributed by atoms with van der Waals surface area (Å²) >= 11 is 6.28. The molecule has 10 heteroatoms. The van der Waals surface area contributed by atoms with Crippen LogP contribution in [0.15, 0.2) is 53.4 Å². The van der Waals surface area contributed by atoms with Crippen molar-refractivity contribution < 1.29 is 13.2 Å². The summed E-state index contributed by atoms with van der Waals surface area (Å²) in [6.07, 6.45) is 0. The van der Waals surface area contributed by atoms with Crippen LogP contribution in [0.3, 0.4) is 0 Å². The molecule has 1 N–H and O–H groups in total. The molecule has 4 rings (SSSR count). The highest BCUT2D eigenvalue weighted by molar-refractivity contribution is 7.89. The third kappa shape index (κ3) is 4.45. The van der Waals surface area contributed by atoms with E-state index >= 15 is 0 Å². The maximum absolute atomic E-state index is 12.8. The molecule has 0 atom stereocenters. The maximum atomic E-state index is 12.8. The van der Waals surface area contributed by atoms with Crippen LogP contribution in [0.2, 0.25) is 5.02 Å². The van der Waals surface area contributed by atoms with Gasteiger partial charge in [-0.3, -0.25) is 0 Å². The lowest BCUT2D eigenvalue weighted by molar-refractivity contribution is 0.306. The van der Waals surface area contributed by atoms with E-state index in [1.165, 1.54) is 0 Å². The number of fused-ring (bicyclic) bond motifs is 1. The van der Waals surface area contributed by atoms with E-state index < -0.39 is 10.0 Å². The fourth-order valence-electron chi connectivity index (χ4n) is 3.65. The van der Waals surface area contributed by atoms with Crippen LogP contribution in [0.1, 0.15) is 16.7 Å². The molecule has 0 saturated heterocycles. The van der Waals surface area contributed by atoms with Gasteiger partial charge >= 0.3 is 0 Å². The first-order chi connectivity index (χ1) is 15.3. The largest absolute Gasteiger partial charge is 0.475 e. The summed E-state index contributed by atoms with van der Waals surface area (Å²) in [5.74, 6) is 0.801. The summed E-state index contributed by atoms with van der Waals surface area (Å²) in [5.41, 5.74) is 3.68. The summed E-state index contributed by atoms with van der Waals surface area (Å²) in [4.78, 5) is 0.302. The van der Waals surface area contributed by atoms with E-state index in [2.05, 4.69) is 20.0 Å². The number of ether oxygens (including phenoxy) is 1. The van der Waals surface area contributed by atoms with Crippen LogP contribution in [0.4, 0.5) is 0 Å². The van der Waals surface area contributed by atoms with Gasteiger partial charge in [-0.25, -0.2) is 13.1 Å². The van der Waals surface area contributed by atoms with Gasteiger partial charge in [-0.15, -0.1) is 15.3 Å². The molecule has 2 heterocycles. The number of hydrogen-bond acceptors (Lipinski definition) is 6. The molecule has 0 saturated carbocycles. The third-order valence-electron chi connectivity index (χ3n) is 4.87. The van der Waals surface area contributed by atoms with E-state index in [1.54, 1.807) is 36.6 Å². The lowest BCUT2D eigenvalue weighted by atomic mass is 10.1. The minimum atomic E-state index is -3.66. The quantitative estimate of drug-likeness (QED) is 0.412. The van der Waals surface area contributed by atoms with Gasteiger partial charge in [0.15, 0.2) is 11.5 Å². The van der Waals surface area contributed by atoms with Crippen LogP contribution in [0, 0.1) is 20.8 Å². The van der Waals surface area contributed by atoms with Crippen molar-refractivity contribution in [3.8, 4) is 17.3 Å². The van der Waals surface area contributed by atoms with Crippen molar-refractivity contribution in [2.45, 2.75) is 25.7 Å². The van der Waals surface area contributed by atoms with E-state index in [1.807, 2.05) is 37.3 Å². The Balaban J connectivity index is 1.46. The standard InChI is InChI=1S/C22H22ClN5O3S/c1-14-12-15(2)21(16(3)13-14)32(29,30)24-10-11-31-20-9-8-19-25-26-22(28(19)27-20)17-6-4-5-7-18(17)23/h4-9,12-13,24H,10-11H2,1-3H3. The van der Waals surface area contributed by atoms with Crippen molar-refractivity contribution >= 4 is 27.3 Å². The molecule has 4 aromatic rings. The molecular weight excluding hydrogens is 450 g/mol. The summed E-state index contributed by atoms with van der Waals surface area (Å²) in [5, 5.41) is 13.2. The van der Waals surface area contributed by atoms with Gasteiger partial charge in [0.2, 0.25) is 15.9 Å². The normalized spacial score (nSPS) is 11.8. The van der Waals surface area contributed by atoms with Crippen LogP contribution in [0.25, 0.3) is 17.0 Å². The Kier molecular flexibility index (Phi) is 6.14. The molecule has 0 unspecified atom stereocenters. The molecule has 0 aliphatic heterocycles. The van der Waals surface area contributed by atoms with Gasteiger partial charge in [-0.05, 0) is 50.1 Å². The zero-order valence-corrected chi connectivity index (χ0v) is 19.4. The van der Waals surface area contributed by atoms with E-state index in [9.17, 15) is 8.42 Å². The van der Waals surface area contributed by atoms with Crippen molar-refractivity contribution in [2.75, 3.05) is 13.2 Å². The van der Waals surface area contributed by atoms with Gasteiger partial charge in [0, 0.05) is 18.2 Å². The number of aryl methyl sites for hydroxylation is 3. The Morgan fingerprint density at radius 3 is 2.47 bits per heavy atom. The molecule has 2 aromatic carbocycles. The molecule has 0 spiro atoms. The van der Waals surface area contributed by atoms with Crippen LogP contribution in [-0.2, 0) is 10.0 Å². The van der Waals surface area contributed by atoms with Crippen LogP contribution in [0.5, 0.6) is 5.88 Å². The second kappa shape index (κ2) is 8.85. The van der Waals surface area contributed by atoms with Crippen LogP contribution in [-0.4, -0.2) is 41.4 Å². The predicted octanol–water partition coefficient (Wildman–Crippen LogP) is 3.73. The van der Waals surface area contributed by atoms with E-state index in [-0.39, 0.29) is 13.2 Å².